The Morgan fingerprint density at radius 3 is 2.64 bits per heavy atom. The molecule has 0 aliphatic carbocycles. The van der Waals surface area contributed by atoms with Crippen molar-refractivity contribution in [1.82, 2.24) is 14.9 Å². The van der Waals surface area contributed by atoms with E-state index in [0.717, 1.165) is 22.4 Å². The van der Waals surface area contributed by atoms with Gasteiger partial charge in [0.15, 0.2) is 0 Å². The molecule has 8 heteroatoms. The molecule has 148 valence electrons. The average Bonchev–Trinajstić information content (AvgIpc) is 2.74. The van der Waals surface area contributed by atoms with E-state index in [1.54, 1.807) is 24.2 Å². The highest BCUT2D eigenvalue weighted by molar-refractivity contribution is 5.67. The van der Waals surface area contributed by atoms with E-state index in [1.165, 1.54) is 7.11 Å². The largest absolute Gasteiger partial charge is 0.467 e. The van der Waals surface area contributed by atoms with E-state index in [4.69, 9.17) is 18.9 Å². The number of rotatable bonds is 3. The Labute approximate surface area is 163 Å². The van der Waals surface area contributed by atoms with Gasteiger partial charge in [-0.3, -0.25) is 0 Å². The second kappa shape index (κ2) is 7.63. The minimum absolute atomic E-state index is 0.278. The number of fused-ring (bicyclic) bond motifs is 1. The van der Waals surface area contributed by atoms with Crippen LogP contribution in [-0.2, 0) is 16.1 Å². The summed E-state index contributed by atoms with van der Waals surface area (Å²) in [6.45, 7) is 3.74. The lowest BCUT2D eigenvalue weighted by atomic mass is 10.00. The first-order valence-electron chi connectivity index (χ1n) is 9.36. The standard InChI is InChI=1S/C20H23N3O5/c1-3-26-19(24)23-8-6-20(7-9-23)27-13-15-10-14(4-5-17(15)28-20)16-11-21-18(25-2)22-12-16/h4-5,10-12H,3,6-9,13H2,1-2H3. The minimum atomic E-state index is -0.680. The van der Waals surface area contributed by atoms with Gasteiger partial charge in [0, 0.05) is 49.5 Å². The number of methoxy groups -OCH3 is 1. The van der Waals surface area contributed by atoms with Gasteiger partial charge in [-0.15, -0.1) is 0 Å². The van der Waals surface area contributed by atoms with Crippen molar-refractivity contribution < 1.29 is 23.7 Å². The van der Waals surface area contributed by atoms with E-state index in [9.17, 15) is 4.79 Å². The van der Waals surface area contributed by atoms with E-state index < -0.39 is 5.79 Å². The quantitative estimate of drug-likeness (QED) is 0.803. The van der Waals surface area contributed by atoms with E-state index in [1.807, 2.05) is 18.2 Å². The highest BCUT2D eigenvalue weighted by Crippen LogP contribution is 2.39. The summed E-state index contributed by atoms with van der Waals surface area (Å²) >= 11 is 0. The maximum absolute atomic E-state index is 11.9. The zero-order chi connectivity index (χ0) is 19.6. The van der Waals surface area contributed by atoms with Crippen LogP contribution in [0.4, 0.5) is 4.79 Å². The topological polar surface area (TPSA) is 83.0 Å². The van der Waals surface area contributed by atoms with Gasteiger partial charge in [0.1, 0.15) is 5.75 Å². The van der Waals surface area contributed by atoms with Crippen LogP contribution in [0.15, 0.2) is 30.6 Å². The molecule has 8 nitrogen and oxygen atoms in total. The van der Waals surface area contributed by atoms with Crippen molar-refractivity contribution in [3.8, 4) is 22.9 Å². The first-order valence-corrected chi connectivity index (χ1v) is 9.36. The van der Waals surface area contributed by atoms with Crippen molar-refractivity contribution in [3.63, 3.8) is 0 Å². The third-order valence-electron chi connectivity index (χ3n) is 5.04. The minimum Gasteiger partial charge on any atom is -0.467 e. The average molecular weight is 385 g/mol. The van der Waals surface area contributed by atoms with Gasteiger partial charge in [-0.05, 0) is 24.6 Å². The third kappa shape index (κ3) is 3.60. The summed E-state index contributed by atoms with van der Waals surface area (Å²) in [7, 11) is 1.54. The normalized spacial score (nSPS) is 17.6. The number of likely N-dealkylation sites (tertiary alicyclic amines) is 1. The van der Waals surface area contributed by atoms with E-state index in [-0.39, 0.29) is 6.09 Å². The predicted molar refractivity (Wildman–Crippen MR) is 100.0 cm³/mol. The van der Waals surface area contributed by atoms with Crippen LogP contribution < -0.4 is 9.47 Å². The Kier molecular flexibility index (Phi) is 5.04. The number of hydrogen-bond acceptors (Lipinski definition) is 7. The molecule has 0 N–H and O–H groups in total. The number of benzene rings is 1. The highest BCUT2D eigenvalue weighted by atomic mass is 16.7. The Morgan fingerprint density at radius 2 is 1.96 bits per heavy atom. The van der Waals surface area contributed by atoms with Crippen LogP contribution in [0.5, 0.6) is 11.8 Å². The molecule has 1 amide bonds. The molecule has 0 saturated carbocycles. The van der Waals surface area contributed by atoms with Crippen LogP contribution in [-0.4, -0.2) is 53.6 Å². The van der Waals surface area contributed by atoms with Crippen molar-refractivity contribution >= 4 is 6.09 Å². The van der Waals surface area contributed by atoms with Crippen molar-refractivity contribution in [2.24, 2.45) is 0 Å². The highest BCUT2D eigenvalue weighted by Gasteiger charge is 2.42. The predicted octanol–water partition coefficient (Wildman–Crippen LogP) is 3.01. The van der Waals surface area contributed by atoms with Crippen LogP contribution in [0, 0.1) is 0 Å². The Bertz CT molecular complexity index is 847. The second-order valence-corrected chi connectivity index (χ2v) is 6.77. The molecule has 0 radical (unpaired) electrons. The number of aromatic nitrogens is 2. The first-order chi connectivity index (χ1) is 13.6. The molecule has 1 spiro atoms. The van der Waals surface area contributed by atoms with Crippen LogP contribution in [0.3, 0.4) is 0 Å². The maximum Gasteiger partial charge on any atom is 0.409 e. The van der Waals surface area contributed by atoms with Crippen LogP contribution in [0.25, 0.3) is 11.1 Å². The monoisotopic (exact) mass is 385 g/mol. The van der Waals surface area contributed by atoms with Gasteiger partial charge >= 0.3 is 12.1 Å². The Balaban J connectivity index is 1.45. The molecular formula is C20H23N3O5. The Hall–Kier alpha value is -2.87. The summed E-state index contributed by atoms with van der Waals surface area (Å²) in [4.78, 5) is 21.9. The molecule has 2 aliphatic heterocycles. The molecule has 0 atom stereocenters. The molecule has 1 aromatic heterocycles. The molecule has 0 unspecified atom stereocenters. The third-order valence-corrected chi connectivity index (χ3v) is 5.04. The summed E-state index contributed by atoms with van der Waals surface area (Å²) in [6, 6.07) is 6.30. The van der Waals surface area contributed by atoms with Crippen LogP contribution in [0.1, 0.15) is 25.3 Å². The van der Waals surface area contributed by atoms with Crippen molar-refractivity contribution in [1.29, 1.82) is 0 Å². The zero-order valence-corrected chi connectivity index (χ0v) is 16.0. The lowest BCUT2D eigenvalue weighted by molar-refractivity contribution is -0.226. The summed E-state index contributed by atoms with van der Waals surface area (Å²) in [6.07, 6.45) is 4.40. The summed E-state index contributed by atoms with van der Waals surface area (Å²) in [5.74, 6) is 0.134. The molecule has 1 aromatic carbocycles. The number of piperidine rings is 1. The molecule has 28 heavy (non-hydrogen) atoms. The molecule has 2 aliphatic rings. The zero-order valence-electron chi connectivity index (χ0n) is 16.0. The van der Waals surface area contributed by atoms with Gasteiger partial charge in [0.25, 0.3) is 0 Å². The van der Waals surface area contributed by atoms with Crippen molar-refractivity contribution in [2.45, 2.75) is 32.2 Å². The molecule has 1 saturated heterocycles. The van der Waals surface area contributed by atoms with Gasteiger partial charge in [0.2, 0.25) is 5.79 Å². The van der Waals surface area contributed by atoms with E-state index in [0.29, 0.717) is 45.2 Å². The fourth-order valence-corrected chi connectivity index (χ4v) is 3.47. The number of carbonyl (C=O) groups is 1. The molecule has 4 rings (SSSR count). The van der Waals surface area contributed by atoms with E-state index >= 15 is 0 Å². The summed E-state index contributed by atoms with van der Waals surface area (Å²) in [5, 5.41) is 0. The molecule has 3 heterocycles. The second-order valence-electron chi connectivity index (χ2n) is 6.77. The lowest BCUT2D eigenvalue weighted by Gasteiger charge is -2.43. The van der Waals surface area contributed by atoms with Crippen LogP contribution in [0.2, 0.25) is 0 Å². The van der Waals surface area contributed by atoms with Gasteiger partial charge < -0.3 is 23.8 Å². The number of carbonyl (C=O) groups excluding carboxylic acids is 1. The van der Waals surface area contributed by atoms with Crippen molar-refractivity contribution in [3.05, 3.63) is 36.2 Å². The van der Waals surface area contributed by atoms with Gasteiger partial charge in [0.05, 0.1) is 20.3 Å². The van der Waals surface area contributed by atoms with Crippen molar-refractivity contribution in [2.75, 3.05) is 26.8 Å². The Morgan fingerprint density at radius 1 is 1.21 bits per heavy atom. The number of nitrogens with zero attached hydrogens (tertiary/aromatic N) is 3. The summed E-state index contributed by atoms with van der Waals surface area (Å²) in [5.41, 5.74) is 2.86. The maximum atomic E-state index is 11.9. The molecule has 0 bridgehead atoms. The number of amides is 1. The fraction of sp³-hybridized carbons (Fsp3) is 0.450. The van der Waals surface area contributed by atoms with Gasteiger partial charge in [-0.25, -0.2) is 14.8 Å². The van der Waals surface area contributed by atoms with E-state index in [2.05, 4.69) is 9.97 Å². The van der Waals surface area contributed by atoms with Gasteiger partial charge in [-0.2, -0.15) is 0 Å². The van der Waals surface area contributed by atoms with Crippen LogP contribution >= 0.6 is 0 Å². The lowest BCUT2D eigenvalue weighted by Crippen LogP contribution is -2.52. The SMILES string of the molecule is CCOC(=O)N1CCC2(CC1)OCc1cc(-c3cnc(OC)nc3)ccc1O2. The van der Waals surface area contributed by atoms with Gasteiger partial charge in [-0.1, -0.05) is 6.07 Å². The molecule has 2 aromatic rings. The number of hydrogen-bond donors (Lipinski definition) is 0. The molecule has 1 fully saturated rings. The molecular weight excluding hydrogens is 362 g/mol. The first kappa shape index (κ1) is 18.5. The smallest absolute Gasteiger partial charge is 0.409 e. The number of ether oxygens (including phenoxy) is 4. The fourth-order valence-electron chi connectivity index (χ4n) is 3.47. The summed E-state index contributed by atoms with van der Waals surface area (Å²) < 4.78 is 22.4.